The molecule has 6 heteroatoms. The van der Waals surface area contributed by atoms with Gasteiger partial charge in [-0.2, -0.15) is 13.2 Å². The number of nitrogens with zero attached hydrogens (tertiary/aromatic N) is 1. The molecule has 0 aliphatic heterocycles. The minimum atomic E-state index is -4.46. The van der Waals surface area contributed by atoms with Gasteiger partial charge >= 0.3 is 6.18 Å². The molecule has 2 rings (SSSR count). The number of hydrogen-bond donors (Lipinski definition) is 1. The molecule has 1 aromatic carbocycles. The van der Waals surface area contributed by atoms with E-state index in [4.69, 9.17) is 0 Å². The van der Waals surface area contributed by atoms with Crippen LogP contribution in [-0.4, -0.2) is 11.5 Å². The summed E-state index contributed by atoms with van der Waals surface area (Å²) in [6.45, 7) is 0.373. The first-order valence-electron chi connectivity index (χ1n) is 5.98. The highest BCUT2D eigenvalue weighted by atomic mass is 19.4. The van der Waals surface area contributed by atoms with Gasteiger partial charge in [-0.05, 0) is 36.2 Å². The van der Waals surface area contributed by atoms with E-state index in [2.05, 4.69) is 10.3 Å². The van der Waals surface area contributed by atoms with Crippen LogP contribution >= 0.6 is 0 Å². The standard InChI is InChI=1S/C14H12F4N2/c15-11-4-1-3-10(9-11)7-8-19-13-6-2-5-12(20-13)14(16,17)18/h1-6,9H,7-8H2,(H,19,20). The van der Waals surface area contributed by atoms with E-state index in [0.717, 1.165) is 11.6 Å². The quantitative estimate of drug-likeness (QED) is 0.861. The molecule has 0 fully saturated rings. The molecule has 0 bridgehead atoms. The lowest BCUT2D eigenvalue weighted by Gasteiger charge is -2.09. The molecule has 0 unspecified atom stereocenters. The topological polar surface area (TPSA) is 24.9 Å². The van der Waals surface area contributed by atoms with E-state index in [1.807, 2.05) is 0 Å². The summed E-state index contributed by atoms with van der Waals surface area (Å²) in [7, 11) is 0. The predicted molar refractivity (Wildman–Crippen MR) is 67.8 cm³/mol. The fraction of sp³-hybridized carbons (Fsp3) is 0.214. The van der Waals surface area contributed by atoms with Crippen LogP contribution in [0.5, 0.6) is 0 Å². The maximum Gasteiger partial charge on any atom is 0.433 e. The third kappa shape index (κ3) is 3.94. The highest BCUT2D eigenvalue weighted by Crippen LogP contribution is 2.28. The van der Waals surface area contributed by atoms with E-state index >= 15 is 0 Å². The first-order chi connectivity index (χ1) is 9.45. The van der Waals surface area contributed by atoms with Crippen LogP contribution in [0.3, 0.4) is 0 Å². The third-order valence-electron chi connectivity index (χ3n) is 2.65. The molecule has 1 heterocycles. The van der Waals surface area contributed by atoms with Gasteiger partial charge in [0.2, 0.25) is 0 Å². The lowest BCUT2D eigenvalue weighted by atomic mass is 10.1. The van der Waals surface area contributed by atoms with E-state index in [1.54, 1.807) is 12.1 Å². The van der Waals surface area contributed by atoms with Crippen molar-refractivity contribution >= 4 is 5.82 Å². The second-order valence-electron chi connectivity index (χ2n) is 4.21. The van der Waals surface area contributed by atoms with Gasteiger partial charge in [0, 0.05) is 6.54 Å². The molecule has 2 nitrogen and oxygen atoms in total. The second kappa shape index (κ2) is 5.90. The average Bonchev–Trinajstić information content (AvgIpc) is 2.38. The molecule has 0 aliphatic rings. The van der Waals surface area contributed by atoms with Crippen molar-refractivity contribution in [3.05, 3.63) is 59.5 Å². The van der Waals surface area contributed by atoms with Crippen molar-refractivity contribution in [1.82, 2.24) is 4.98 Å². The van der Waals surface area contributed by atoms with Crippen molar-refractivity contribution in [2.45, 2.75) is 12.6 Å². The van der Waals surface area contributed by atoms with Crippen LogP contribution in [0.1, 0.15) is 11.3 Å². The number of pyridine rings is 1. The summed E-state index contributed by atoms with van der Waals surface area (Å²) in [5, 5.41) is 2.79. The van der Waals surface area contributed by atoms with E-state index in [-0.39, 0.29) is 11.6 Å². The Morgan fingerprint density at radius 3 is 2.50 bits per heavy atom. The van der Waals surface area contributed by atoms with Crippen molar-refractivity contribution in [3.8, 4) is 0 Å². The minimum absolute atomic E-state index is 0.149. The normalized spacial score (nSPS) is 11.4. The van der Waals surface area contributed by atoms with Gasteiger partial charge in [0.1, 0.15) is 17.3 Å². The van der Waals surface area contributed by atoms with Crippen molar-refractivity contribution in [3.63, 3.8) is 0 Å². The van der Waals surface area contributed by atoms with Crippen molar-refractivity contribution in [1.29, 1.82) is 0 Å². The molecule has 106 valence electrons. The molecular formula is C14H12F4N2. The number of aromatic nitrogens is 1. The molecule has 0 saturated heterocycles. The Balaban J connectivity index is 1.94. The Bertz CT molecular complexity index is 581. The van der Waals surface area contributed by atoms with Crippen LogP contribution in [0.4, 0.5) is 23.4 Å². The molecule has 20 heavy (non-hydrogen) atoms. The molecule has 2 aromatic rings. The van der Waals surface area contributed by atoms with Crippen LogP contribution in [0.2, 0.25) is 0 Å². The molecule has 0 spiro atoms. The first kappa shape index (κ1) is 14.3. The largest absolute Gasteiger partial charge is 0.433 e. The molecule has 0 amide bonds. The summed E-state index contributed by atoms with van der Waals surface area (Å²) in [5.74, 6) is -0.184. The van der Waals surface area contributed by atoms with Gasteiger partial charge in [-0.15, -0.1) is 0 Å². The molecule has 1 N–H and O–H groups in total. The number of halogens is 4. The van der Waals surface area contributed by atoms with E-state index in [1.165, 1.54) is 24.3 Å². The summed E-state index contributed by atoms with van der Waals surface area (Å²) in [4.78, 5) is 3.48. The number of rotatable bonds is 4. The SMILES string of the molecule is Fc1cccc(CCNc2cccc(C(F)(F)F)n2)c1. The molecule has 1 aromatic heterocycles. The first-order valence-corrected chi connectivity index (χ1v) is 5.98. The van der Waals surface area contributed by atoms with Crippen molar-refractivity contribution in [2.75, 3.05) is 11.9 Å². The molecule has 0 atom stereocenters. The van der Waals surface area contributed by atoms with Gasteiger partial charge in [-0.25, -0.2) is 9.37 Å². The lowest BCUT2D eigenvalue weighted by Crippen LogP contribution is -2.11. The summed E-state index contributed by atoms with van der Waals surface area (Å²) < 4.78 is 50.3. The molecule has 0 aliphatic carbocycles. The van der Waals surface area contributed by atoms with Crippen LogP contribution < -0.4 is 5.32 Å². The van der Waals surface area contributed by atoms with Gasteiger partial charge in [0.15, 0.2) is 0 Å². The number of hydrogen-bond acceptors (Lipinski definition) is 2. The number of alkyl halides is 3. The maximum atomic E-state index is 12.9. The fourth-order valence-corrected chi connectivity index (χ4v) is 1.72. The number of anilines is 1. The van der Waals surface area contributed by atoms with E-state index in [0.29, 0.717) is 13.0 Å². The summed E-state index contributed by atoms with van der Waals surface area (Å²) in [6.07, 6.45) is -3.96. The smallest absolute Gasteiger partial charge is 0.370 e. The van der Waals surface area contributed by atoms with Crippen LogP contribution in [0, 0.1) is 5.82 Å². The highest BCUT2D eigenvalue weighted by Gasteiger charge is 2.32. The van der Waals surface area contributed by atoms with E-state index in [9.17, 15) is 17.6 Å². The van der Waals surface area contributed by atoms with Gasteiger partial charge < -0.3 is 5.32 Å². The Morgan fingerprint density at radius 2 is 1.80 bits per heavy atom. The van der Waals surface area contributed by atoms with Gasteiger partial charge in [0.05, 0.1) is 0 Å². The predicted octanol–water partition coefficient (Wildman–Crippen LogP) is 3.89. The third-order valence-corrected chi connectivity index (χ3v) is 2.65. The maximum absolute atomic E-state index is 12.9. The monoisotopic (exact) mass is 284 g/mol. The average molecular weight is 284 g/mol. The van der Waals surface area contributed by atoms with Gasteiger partial charge in [-0.3, -0.25) is 0 Å². The number of nitrogens with one attached hydrogen (secondary N) is 1. The van der Waals surface area contributed by atoms with Gasteiger partial charge in [0.25, 0.3) is 0 Å². The second-order valence-corrected chi connectivity index (χ2v) is 4.21. The van der Waals surface area contributed by atoms with Crippen LogP contribution in [0.15, 0.2) is 42.5 Å². The van der Waals surface area contributed by atoms with Crippen LogP contribution in [0.25, 0.3) is 0 Å². The fourth-order valence-electron chi connectivity index (χ4n) is 1.72. The number of benzene rings is 1. The Labute approximate surface area is 113 Å². The molecule has 0 radical (unpaired) electrons. The van der Waals surface area contributed by atoms with Crippen LogP contribution in [-0.2, 0) is 12.6 Å². The Kier molecular flexibility index (Phi) is 4.22. The zero-order valence-electron chi connectivity index (χ0n) is 10.4. The Morgan fingerprint density at radius 1 is 1.05 bits per heavy atom. The molecule has 0 saturated carbocycles. The van der Waals surface area contributed by atoms with E-state index < -0.39 is 11.9 Å². The molecular weight excluding hydrogens is 272 g/mol. The summed E-state index contributed by atoms with van der Waals surface area (Å²) >= 11 is 0. The Hall–Kier alpha value is -2.11. The zero-order chi connectivity index (χ0) is 14.6. The summed E-state index contributed by atoms with van der Waals surface area (Å²) in [5.41, 5.74) is -0.169. The minimum Gasteiger partial charge on any atom is -0.370 e. The lowest BCUT2D eigenvalue weighted by molar-refractivity contribution is -0.141. The van der Waals surface area contributed by atoms with Crippen molar-refractivity contribution in [2.24, 2.45) is 0 Å². The summed E-state index contributed by atoms with van der Waals surface area (Å²) in [6, 6.07) is 9.74. The highest BCUT2D eigenvalue weighted by molar-refractivity contribution is 5.36. The van der Waals surface area contributed by atoms with Crippen molar-refractivity contribution < 1.29 is 17.6 Å². The zero-order valence-corrected chi connectivity index (χ0v) is 10.4. The van der Waals surface area contributed by atoms with Gasteiger partial charge in [-0.1, -0.05) is 18.2 Å².